The Morgan fingerprint density at radius 1 is 1.35 bits per heavy atom. The van der Waals surface area contributed by atoms with E-state index in [9.17, 15) is 9.59 Å². The quantitative estimate of drug-likeness (QED) is 0.647. The van der Waals surface area contributed by atoms with E-state index in [4.69, 9.17) is 9.47 Å². The fourth-order valence-corrected chi connectivity index (χ4v) is 2.62. The number of esters is 1. The van der Waals surface area contributed by atoms with Gasteiger partial charge in [0.2, 0.25) is 0 Å². The zero-order valence-electron chi connectivity index (χ0n) is 13.8. The topological polar surface area (TPSA) is 64.6 Å². The van der Waals surface area contributed by atoms with Crippen molar-refractivity contribution in [2.75, 3.05) is 13.7 Å². The molecule has 1 aromatic rings. The van der Waals surface area contributed by atoms with Crippen LogP contribution in [0.25, 0.3) is 6.08 Å². The van der Waals surface area contributed by atoms with E-state index in [-0.39, 0.29) is 11.9 Å². The molecule has 1 saturated carbocycles. The molecule has 0 bridgehead atoms. The summed E-state index contributed by atoms with van der Waals surface area (Å²) in [6.07, 6.45) is 5.45. The third-order valence-electron chi connectivity index (χ3n) is 4.10. The van der Waals surface area contributed by atoms with E-state index >= 15 is 0 Å². The van der Waals surface area contributed by atoms with Crippen LogP contribution in [0.5, 0.6) is 0 Å². The van der Waals surface area contributed by atoms with Gasteiger partial charge < -0.3 is 14.8 Å². The molecule has 5 nitrogen and oxygen atoms in total. The highest BCUT2D eigenvalue weighted by atomic mass is 16.5. The summed E-state index contributed by atoms with van der Waals surface area (Å²) in [5.74, 6) is -0.647. The van der Waals surface area contributed by atoms with Crippen molar-refractivity contribution in [3.8, 4) is 0 Å². The van der Waals surface area contributed by atoms with E-state index < -0.39 is 5.54 Å². The minimum atomic E-state index is -0.878. The molecule has 1 N–H and O–H groups in total. The first-order valence-corrected chi connectivity index (χ1v) is 7.82. The van der Waals surface area contributed by atoms with E-state index in [0.717, 1.165) is 17.5 Å². The molecule has 0 saturated heterocycles. The second-order valence-electron chi connectivity index (χ2n) is 5.73. The van der Waals surface area contributed by atoms with Gasteiger partial charge in [-0.25, -0.2) is 4.79 Å². The second kappa shape index (κ2) is 7.31. The summed E-state index contributed by atoms with van der Waals surface area (Å²) < 4.78 is 10.0. The number of amides is 1. The van der Waals surface area contributed by atoms with Gasteiger partial charge in [-0.3, -0.25) is 4.79 Å². The Labute approximate surface area is 136 Å². The van der Waals surface area contributed by atoms with Gasteiger partial charge in [0.15, 0.2) is 0 Å². The van der Waals surface area contributed by atoms with Crippen LogP contribution in [0.2, 0.25) is 0 Å². The van der Waals surface area contributed by atoms with Gasteiger partial charge in [0.25, 0.3) is 5.91 Å². The standard InChI is InChI=1S/C18H23NO4/c1-4-23-11-8-14-7-6-13(2)12-15(14)16(20)19-18(9-5-10-18)17(21)22-3/h6-8,11-12H,4-5,9-10H2,1-3H3,(H,19,20)/b11-8+. The fraction of sp³-hybridized carbons (Fsp3) is 0.444. The lowest BCUT2D eigenvalue weighted by Gasteiger charge is -2.39. The Bertz CT molecular complexity index is 617. The minimum absolute atomic E-state index is 0.269. The second-order valence-corrected chi connectivity index (χ2v) is 5.73. The molecular formula is C18H23NO4. The Morgan fingerprint density at radius 2 is 2.09 bits per heavy atom. The van der Waals surface area contributed by atoms with Gasteiger partial charge >= 0.3 is 5.97 Å². The Kier molecular flexibility index (Phi) is 5.42. The number of hydrogen-bond donors (Lipinski definition) is 1. The largest absolute Gasteiger partial charge is 0.501 e. The molecule has 0 atom stereocenters. The average molecular weight is 317 g/mol. The number of rotatable bonds is 6. The number of nitrogens with one attached hydrogen (secondary N) is 1. The third kappa shape index (κ3) is 3.73. The third-order valence-corrected chi connectivity index (χ3v) is 4.10. The summed E-state index contributed by atoms with van der Waals surface area (Å²) in [6, 6.07) is 5.61. The van der Waals surface area contributed by atoms with E-state index in [2.05, 4.69) is 5.32 Å². The van der Waals surface area contributed by atoms with Crippen LogP contribution in [-0.2, 0) is 14.3 Å². The molecule has 124 valence electrons. The normalized spacial score (nSPS) is 15.8. The number of carbonyl (C=O) groups is 2. The lowest BCUT2D eigenvalue weighted by Crippen LogP contribution is -2.59. The molecule has 0 radical (unpaired) electrons. The predicted molar refractivity (Wildman–Crippen MR) is 87.9 cm³/mol. The molecule has 0 aliphatic heterocycles. The van der Waals surface area contributed by atoms with Gasteiger partial charge in [0, 0.05) is 5.56 Å². The van der Waals surface area contributed by atoms with Crippen LogP contribution >= 0.6 is 0 Å². The van der Waals surface area contributed by atoms with Crippen molar-refractivity contribution < 1.29 is 19.1 Å². The maximum Gasteiger partial charge on any atom is 0.331 e. The van der Waals surface area contributed by atoms with Crippen molar-refractivity contribution in [2.45, 2.75) is 38.6 Å². The summed E-state index contributed by atoms with van der Waals surface area (Å²) in [7, 11) is 1.34. The first-order valence-electron chi connectivity index (χ1n) is 7.82. The molecule has 1 aromatic carbocycles. The monoisotopic (exact) mass is 317 g/mol. The highest BCUT2D eigenvalue weighted by Crippen LogP contribution is 2.33. The molecule has 1 amide bonds. The van der Waals surface area contributed by atoms with E-state index in [1.807, 2.05) is 32.0 Å². The fourth-order valence-electron chi connectivity index (χ4n) is 2.62. The number of methoxy groups -OCH3 is 1. The minimum Gasteiger partial charge on any atom is -0.501 e. The zero-order valence-corrected chi connectivity index (χ0v) is 13.8. The smallest absolute Gasteiger partial charge is 0.331 e. The number of hydrogen-bond acceptors (Lipinski definition) is 4. The molecule has 5 heteroatoms. The summed E-state index contributed by atoms with van der Waals surface area (Å²) in [5, 5.41) is 2.87. The van der Waals surface area contributed by atoms with Gasteiger partial charge in [0.1, 0.15) is 5.54 Å². The number of carbonyl (C=O) groups excluding carboxylic acids is 2. The molecule has 0 spiro atoms. The first-order chi connectivity index (χ1) is 11.0. The van der Waals surface area contributed by atoms with E-state index in [0.29, 0.717) is 25.0 Å². The maximum atomic E-state index is 12.7. The molecule has 23 heavy (non-hydrogen) atoms. The van der Waals surface area contributed by atoms with Crippen LogP contribution in [0.4, 0.5) is 0 Å². The first kappa shape index (κ1) is 17.1. The lowest BCUT2D eigenvalue weighted by atomic mass is 9.76. The molecule has 1 fully saturated rings. The van der Waals surface area contributed by atoms with Gasteiger partial charge in [-0.2, -0.15) is 0 Å². The zero-order chi connectivity index (χ0) is 16.9. The van der Waals surface area contributed by atoms with Crippen LogP contribution in [0.1, 0.15) is 47.7 Å². The van der Waals surface area contributed by atoms with E-state index in [1.165, 1.54) is 7.11 Å². The lowest BCUT2D eigenvalue weighted by molar-refractivity contribution is -0.152. The molecule has 2 rings (SSSR count). The molecule has 0 unspecified atom stereocenters. The number of ether oxygens (including phenoxy) is 2. The molecule has 1 aliphatic rings. The Hall–Kier alpha value is -2.30. The van der Waals surface area contributed by atoms with Crippen LogP contribution in [0.3, 0.4) is 0 Å². The van der Waals surface area contributed by atoms with Crippen LogP contribution < -0.4 is 5.32 Å². The van der Waals surface area contributed by atoms with Crippen LogP contribution in [0, 0.1) is 6.92 Å². The number of benzene rings is 1. The average Bonchev–Trinajstić information content (AvgIpc) is 2.51. The van der Waals surface area contributed by atoms with Crippen molar-refractivity contribution >= 4 is 18.0 Å². The van der Waals surface area contributed by atoms with Gasteiger partial charge in [-0.15, -0.1) is 0 Å². The SMILES string of the molecule is CCO/C=C/c1ccc(C)cc1C(=O)NC1(C(=O)OC)CCC1. The van der Waals surface area contributed by atoms with Gasteiger partial charge in [-0.1, -0.05) is 17.7 Å². The van der Waals surface area contributed by atoms with Crippen molar-refractivity contribution in [3.63, 3.8) is 0 Å². The highest BCUT2D eigenvalue weighted by molar-refractivity contribution is 6.01. The summed E-state index contributed by atoms with van der Waals surface area (Å²) in [6.45, 7) is 4.38. The van der Waals surface area contributed by atoms with Crippen molar-refractivity contribution in [1.82, 2.24) is 5.32 Å². The maximum absolute atomic E-state index is 12.7. The highest BCUT2D eigenvalue weighted by Gasteiger charge is 2.46. The number of aryl methyl sites for hydroxylation is 1. The van der Waals surface area contributed by atoms with Crippen LogP contribution in [0.15, 0.2) is 24.5 Å². The summed E-state index contributed by atoms with van der Waals surface area (Å²) >= 11 is 0. The Morgan fingerprint density at radius 3 is 2.65 bits per heavy atom. The summed E-state index contributed by atoms with van der Waals surface area (Å²) in [5.41, 5.74) is 1.37. The van der Waals surface area contributed by atoms with Crippen molar-refractivity contribution in [1.29, 1.82) is 0 Å². The van der Waals surface area contributed by atoms with E-state index in [1.54, 1.807) is 12.3 Å². The summed E-state index contributed by atoms with van der Waals surface area (Å²) in [4.78, 5) is 24.7. The van der Waals surface area contributed by atoms with Crippen molar-refractivity contribution in [2.24, 2.45) is 0 Å². The molecule has 0 aromatic heterocycles. The predicted octanol–water partition coefficient (Wildman–Crippen LogP) is 2.83. The molecule has 1 aliphatic carbocycles. The van der Waals surface area contributed by atoms with Crippen LogP contribution in [-0.4, -0.2) is 31.1 Å². The Balaban J connectivity index is 2.24. The molecular weight excluding hydrogens is 294 g/mol. The molecule has 0 heterocycles. The van der Waals surface area contributed by atoms with Gasteiger partial charge in [0.05, 0.1) is 20.0 Å². The van der Waals surface area contributed by atoms with Crippen molar-refractivity contribution in [3.05, 3.63) is 41.2 Å². The van der Waals surface area contributed by atoms with Gasteiger partial charge in [-0.05, 0) is 50.8 Å².